The number of aryl methyl sites for hydroxylation is 2. The van der Waals surface area contributed by atoms with E-state index in [0.717, 1.165) is 17.4 Å². The summed E-state index contributed by atoms with van der Waals surface area (Å²) in [5.41, 5.74) is 7.82. The minimum Gasteiger partial charge on any atom is -0.370 e. The van der Waals surface area contributed by atoms with E-state index in [1.807, 2.05) is 26.0 Å². The second-order valence-corrected chi connectivity index (χ2v) is 6.58. The van der Waals surface area contributed by atoms with Crippen LogP contribution in [0.25, 0.3) is 0 Å². The Labute approximate surface area is 114 Å². The molecule has 19 heavy (non-hydrogen) atoms. The summed E-state index contributed by atoms with van der Waals surface area (Å²) < 4.78 is 24.9. The van der Waals surface area contributed by atoms with Crippen LogP contribution in [0.1, 0.15) is 24.0 Å². The summed E-state index contributed by atoms with van der Waals surface area (Å²) in [6, 6.07) is 5.49. The van der Waals surface area contributed by atoms with Gasteiger partial charge in [0.15, 0.2) is 0 Å². The molecule has 0 radical (unpaired) electrons. The van der Waals surface area contributed by atoms with Crippen LogP contribution in [0.5, 0.6) is 0 Å². The summed E-state index contributed by atoms with van der Waals surface area (Å²) in [7, 11) is -3.36. The van der Waals surface area contributed by atoms with Crippen molar-refractivity contribution >= 4 is 21.6 Å². The normalized spacial score (nSPS) is 11.3. The van der Waals surface area contributed by atoms with Gasteiger partial charge in [-0.05, 0) is 43.5 Å². The van der Waals surface area contributed by atoms with Crippen LogP contribution in [0.15, 0.2) is 18.2 Å². The van der Waals surface area contributed by atoms with E-state index in [1.54, 1.807) is 6.07 Å². The first-order valence-electron chi connectivity index (χ1n) is 6.05. The molecule has 0 saturated carbocycles. The Morgan fingerprint density at radius 2 is 1.89 bits per heavy atom. The van der Waals surface area contributed by atoms with Gasteiger partial charge in [-0.3, -0.25) is 9.10 Å². The van der Waals surface area contributed by atoms with Crippen molar-refractivity contribution in [1.82, 2.24) is 0 Å². The average Bonchev–Trinajstić information content (AvgIpc) is 2.26. The van der Waals surface area contributed by atoms with Crippen LogP contribution in [0.3, 0.4) is 0 Å². The lowest BCUT2D eigenvalue weighted by Gasteiger charge is -2.23. The first-order valence-corrected chi connectivity index (χ1v) is 7.90. The van der Waals surface area contributed by atoms with Gasteiger partial charge in [0.05, 0.1) is 11.9 Å². The van der Waals surface area contributed by atoms with Gasteiger partial charge in [-0.25, -0.2) is 8.42 Å². The highest BCUT2D eigenvalue weighted by Crippen LogP contribution is 2.21. The number of nitrogens with two attached hydrogens (primary N) is 1. The van der Waals surface area contributed by atoms with Gasteiger partial charge in [-0.2, -0.15) is 0 Å². The van der Waals surface area contributed by atoms with Crippen molar-refractivity contribution in [2.75, 3.05) is 17.1 Å². The first-order chi connectivity index (χ1) is 8.71. The number of carbonyl (C=O) groups is 1. The minimum atomic E-state index is -3.36. The third-order valence-corrected chi connectivity index (χ3v) is 4.16. The molecule has 0 saturated heterocycles. The Hall–Kier alpha value is -1.56. The molecular weight excluding hydrogens is 264 g/mol. The SMILES string of the molecule is Cc1ccc(N(CCCC(N)=O)S(C)(=O)=O)cc1C. The van der Waals surface area contributed by atoms with Gasteiger partial charge in [-0.15, -0.1) is 0 Å². The van der Waals surface area contributed by atoms with E-state index < -0.39 is 15.9 Å². The van der Waals surface area contributed by atoms with Crippen molar-refractivity contribution in [3.8, 4) is 0 Å². The second kappa shape index (κ2) is 6.06. The van der Waals surface area contributed by atoms with Crippen molar-refractivity contribution in [2.45, 2.75) is 26.7 Å². The molecule has 0 spiro atoms. The Kier molecular flexibility index (Phi) is 4.94. The number of anilines is 1. The molecule has 1 aromatic rings. The lowest BCUT2D eigenvalue weighted by atomic mass is 10.1. The predicted octanol–water partition coefficient (Wildman–Crippen LogP) is 1.33. The van der Waals surface area contributed by atoms with Crippen molar-refractivity contribution in [2.24, 2.45) is 5.73 Å². The Balaban J connectivity index is 2.97. The molecule has 1 rings (SSSR count). The smallest absolute Gasteiger partial charge is 0.232 e. The van der Waals surface area contributed by atoms with Crippen molar-refractivity contribution in [3.05, 3.63) is 29.3 Å². The molecule has 0 aliphatic rings. The van der Waals surface area contributed by atoms with Gasteiger partial charge in [0.1, 0.15) is 0 Å². The Morgan fingerprint density at radius 3 is 2.37 bits per heavy atom. The van der Waals surface area contributed by atoms with E-state index in [9.17, 15) is 13.2 Å². The van der Waals surface area contributed by atoms with Crippen molar-refractivity contribution in [3.63, 3.8) is 0 Å². The largest absolute Gasteiger partial charge is 0.370 e. The van der Waals surface area contributed by atoms with Gasteiger partial charge in [0, 0.05) is 13.0 Å². The van der Waals surface area contributed by atoms with Crippen LogP contribution in [0, 0.1) is 13.8 Å². The molecule has 0 bridgehead atoms. The summed E-state index contributed by atoms with van der Waals surface area (Å²) in [5.74, 6) is -0.423. The van der Waals surface area contributed by atoms with E-state index in [1.165, 1.54) is 4.31 Å². The van der Waals surface area contributed by atoms with Crippen LogP contribution >= 0.6 is 0 Å². The van der Waals surface area contributed by atoms with E-state index in [4.69, 9.17) is 5.73 Å². The molecule has 0 aromatic heterocycles. The van der Waals surface area contributed by atoms with E-state index >= 15 is 0 Å². The maximum Gasteiger partial charge on any atom is 0.232 e. The van der Waals surface area contributed by atoms with Crippen LogP contribution in [0.2, 0.25) is 0 Å². The minimum absolute atomic E-state index is 0.177. The number of carbonyl (C=O) groups excluding carboxylic acids is 1. The van der Waals surface area contributed by atoms with E-state index in [0.29, 0.717) is 12.1 Å². The molecule has 5 nitrogen and oxygen atoms in total. The number of nitrogens with zero attached hydrogens (tertiary/aromatic N) is 1. The number of sulfonamides is 1. The summed E-state index contributed by atoms with van der Waals surface area (Å²) >= 11 is 0. The molecule has 106 valence electrons. The molecule has 0 atom stereocenters. The van der Waals surface area contributed by atoms with Gasteiger partial charge in [0.2, 0.25) is 15.9 Å². The highest BCUT2D eigenvalue weighted by atomic mass is 32.2. The predicted molar refractivity (Wildman–Crippen MR) is 76.5 cm³/mol. The molecular formula is C13H20N2O3S. The highest BCUT2D eigenvalue weighted by Gasteiger charge is 2.17. The molecule has 6 heteroatoms. The van der Waals surface area contributed by atoms with Gasteiger partial charge in [-0.1, -0.05) is 6.07 Å². The number of benzene rings is 1. The third-order valence-electron chi connectivity index (χ3n) is 2.96. The zero-order chi connectivity index (χ0) is 14.6. The first kappa shape index (κ1) is 15.5. The summed E-state index contributed by atoms with van der Waals surface area (Å²) in [6.45, 7) is 4.16. The van der Waals surface area contributed by atoms with E-state index in [2.05, 4.69) is 0 Å². The van der Waals surface area contributed by atoms with Crippen molar-refractivity contribution in [1.29, 1.82) is 0 Å². The number of hydrogen-bond acceptors (Lipinski definition) is 3. The Bertz CT molecular complexity index is 567. The summed E-state index contributed by atoms with van der Waals surface area (Å²) in [6.07, 6.45) is 1.75. The molecule has 0 fully saturated rings. The lowest BCUT2D eigenvalue weighted by molar-refractivity contribution is -0.118. The maximum atomic E-state index is 11.8. The molecule has 0 aliphatic carbocycles. The third kappa shape index (κ3) is 4.55. The van der Waals surface area contributed by atoms with Crippen LogP contribution < -0.4 is 10.0 Å². The fraction of sp³-hybridized carbons (Fsp3) is 0.462. The average molecular weight is 284 g/mol. The standard InChI is InChI=1S/C13H20N2O3S/c1-10-6-7-12(9-11(10)2)15(19(3,17)18)8-4-5-13(14)16/h6-7,9H,4-5,8H2,1-3H3,(H2,14,16). The summed E-state index contributed by atoms with van der Waals surface area (Å²) in [4.78, 5) is 10.7. The van der Waals surface area contributed by atoms with Gasteiger partial charge >= 0.3 is 0 Å². The lowest BCUT2D eigenvalue weighted by Crippen LogP contribution is -2.31. The summed E-state index contributed by atoms with van der Waals surface area (Å²) in [5, 5.41) is 0. The van der Waals surface area contributed by atoms with Gasteiger partial charge < -0.3 is 5.73 Å². The number of rotatable bonds is 6. The van der Waals surface area contributed by atoms with Gasteiger partial charge in [0.25, 0.3) is 0 Å². The van der Waals surface area contributed by atoms with Crippen LogP contribution in [0.4, 0.5) is 5.69 Å². The van der Waals surface area contributed by atoms with Crippen LogP contribution in [-0.2, 0) is 14.8 Å². The fourth-order valence-corrected chi connectivity index (χ4v) is 2.72. The van der Waals surface area contributed by atoms with E-state index in [-0.39, 0.29) is 13.0 Å². The fourth-order valence-electron chi connectivity index (χ4n) is 1.76. The van der Waals surface area contributed by atoms with Crippen LogP contribution in [-0.4, -0.2) is 27.1 Å². The number of amides is 1. The molecule has 2 N–H and O–H groups in total. The Morgan fingerprint density at radius 1 is 1.26 bits per heavy atom. The molecule has 0 aliphatic heterocycles. The maximum absolute atomic E-state index is 11.8. The molecule has 1 aromatic carbocycles. The molecule has 0 heterocycles. The highest BCUT2D eigenvalue weighted by molar-refractivity contribution is 7.92. The zero-order valence-electron chi connectivity index (χ0n) is 11.5. The van der Waals surface area contributed by atoms with Crippen molar-refractivity contribution < 1.29 is 13.2 Å². The zero-order valence-corrected chi connectivity index (χ0v) is 12.3. The number of primary amides is 1. The molecule has 0 unspecified atom stereocenters. The topological polar surface area (TPSA) is 80.5 Å². The monoisotopic (exact) mass is 284 g/mol. The second-order valence-electron chi connectivity index (χ2n) is 4.67. The number of hydrogen-bond donors (Lipinski definition) is 1. The molecule has 1 amide bonds. The quantitative estimate of drug-likeness (QED) is 0.856.